The summed E-state index contributed by atoms with van der Waals surface area (Å²) in [5, 5.41) is 11.6. The van der Waals surface area contributed by atoms with Crippen molar-refractivity contribution in [1.82, 2.24) is 25.4 Å². The van der Waals surface area contributed by atoms with Crippen molar-refractivity contribution in [3.05, 3.63) is 45.4 Å². The third-order valence-electron chi connectivity index (χ3n) is 4.79. The van der Waals surface area contributed by atoms with Crippen molar-refractivity contribution in [2.24, 2.45) is 4.99 Å². The van der Waals surface area contributed by atoms with E-state index in [2.05, 4.69) is 87.2 Å². The van der Waals surface area contributed by atoms with Gasteiger partial charge in [0.05, 0.1) is 13.1 Å². The topological polar surface area (TPSA) is 67.1 Å². The Balaban J connectivity index is 1.67. The van der Waals surface area contributed by atoms with Gasteiger partial charge in [-0.1, -0.05) is 35.8 Å². The van der Waals surface area contributed by atoms with Gasteiger partial charge in [0.1, 0.15) is 5.82 Å². The van der Waals surface area contributed by atoms with E-state index in [-0.39, 0.29) is 0 Å². The lowest BCUT2D eigenvalue weighted by Crippen LogP contribution is -2.47. The van der Waals surface area contributed by atoms with Crippen molar-refractivity contribution in [1.29, 1.82) is 0 Å². The Morgan fingerprint density at radius 3 is 2.93 bits per heavy atom. The van der Waals surface area contributed by atoms with Gasteiger partial charge in [-0.15, -0.1) is 0 Å². The number of aliphatic imine (C=N–C) groups is 1. The fraction of sp³-hybridized carbons (Fsp3) is 0.550. The van der Waals surface area contributed by atoms with Gasteiger partial charge in [0.15, 0.2) is 11.8 Å². The summed E-state index contributed by atoms with van der Waals surface area (Å²) in [6, 6.07) is 6.63. The fourth-order valence-corrected chi connectivity index (χ4v) is 3.68. The second-order valence-electron chi connectivity index (χ2n) is 7.37. The zero-order valence-electron chi connectivity index (χ0n) is 16.6. The molecule has 1 aliphatic heterocycles. The molecule has 1 aromatic carbocycles. The Labute approximate surface area is 170 Å². The highest BCUT2D eigenvalue weighted by Gasteiger charge is 2.23. The SMILES string of the molecule is CCNC(=NCc1ccc(Br)cc1C)NC1CCc2nc(C(C)C)nn2C1. The van der Waals surface area contributed by atoms with Crippen LogP contribution in [-0.4, -0.2) is 33.3 Å². The number of aromatic nitrogens is 3. The third-order valence-corrected chi connectivity index (χ3v) is 5.28. The molecule has 0 amide bonds. The van der Waals surface area contributed by atoms with Gasteiger partial charge in [-0.3, -0.25) is 0 Å². The Morgan fingerprint density at radius 1 is 1.41 bits per heavy atom. The Bertz CT molecular complexity index is 811. The molecule has 2 aromatic rings. The molecule has 1 unspecified atom stereocenters. The number of nitrogens with zero attached hydrogens (tertiary/aromatic N) is 4. The van der Waals surface area contributed by atoms with Crippen LogP contribution in [0.2, 0.25) is 0 Å². The zero-order valence-corrected chi connectivity index (χ0v) is 18.2. The van der Waals surface area contributed by atoms with E-state index in [0.29, 0.717) is 18.5 Å². The highest BCUT2D eigenvalue weighted by Crippen LogP contribution is 2.18. The number of guanidine groups is 1. The van der Waals surface area contributed by atoms with Gasteiger partial charge in [0.25, 0.3) is 0 Å². The first kappa shape index (κ1) is 19.9. The molecule has 2 heterocycles. The average Bonchev–Trinajstić information content (AvgIpc) is 3.05. The van der Waals surface area contributed by atoms with E-state index >= 15 is 0 Å². The first-order valence-corrected chi connectivity index (χ1v) is 10.5. The molecular weight excluding hydrogens is 404 g/mol. The standard InChI is InChI=1S/C20H29BrN6/c1-5-22-20(23-11-15-6-7-16(21)10-14(15)4)24-17-8-9-18-25-19(13(2)3)26-27(18)12-17/h6-7,10,13,17H,5,8-9,11-12H2,1-4H3,(H2,22,23,24). The van der Waals surface area contributed by atoms with Gasteiger partial charge in [-0.2, -0.15) is 5.10 Å². The van der Waals surface area contributed by atoms with E-state index < -0.39 is 0 Å². The average molecular weight is 433 g/mol. The number of nitrogens with one attached hydrogen (secondary N) is 2. The first-order chi connectivity index (χ1) is 13.0. The summed E-state index contributed by atoms with van der Waals surface area (Å²) in [5.74, 6) is 3.26. The molecule has 0 fully saturated rings. The van der Waals surface area contributed by atoms with Crippen molar-refractivity contribution in [3.8, 4) is 0 Å². The lowest BCUT2D eigenvalue weighted by atomic mass is 10.1. The number of aryl methyl sites for hydroxylation is 2. The minimum Gasteiger partial charge on any atom is -0.357 e. The summed E-state index contributed by atoms with van der Waals surface area (Å²) < 4.78 is 3.16. The molecule has 3 rings (SSSR count). The van der Waals surface area contributed by atoms with Crippen molar-refractivity contribution < 1.29 is 0 Å². The van der Waals surface area contributed by atoms with Crippen LogP contribution in [0, 0.1) is 6.92 Å². The number of hydrogen-bond donors (Lipinski definition) is 2. The van der Waals surface area contributed by atoms with Gasteiger partial charge in [-0.25, -0.2) is 14.7 Å². The molecular formula is C20H29BrN6. The molecule has 0 saturated heterocycles. The molecule has 0 bridgehead atoms. The lowest BCUT2D eigenvalue weighted by Gasteiger charge is -2.25. The van der Waals surface area contributed by atoms with Gasteiger partial charge >= 0.3 is 0 Å². The summed E-state index contributed by atoms with van der Waals surface area (Å²) >= 11 is 3.52. The molecule has 1 aromatic heterocycles. The minimum absolute atomic E-state index is 0.308. The zero-order chi connectivity index (χ0) is 19.4. The smallest absolute Gasteiger partial charge is 0.191 e. The number of halogens is 1. The third kappa shape index (κ3) is 5.09. The van der Waals surface area contributed by atoms with Crippen LogP contribution in [0.4, 0.5) is 0 Å². The summed E-state index contributed by atoms with van der Waals surface area (Å²) in [6.45, 7) is 10.8. The van der Waals surface area contributed by atoms with Crippen LogP contribution in [0.3, 0.4) is 0 Å². The Morgan fingerprint density at radius 2 is 2.22 bits per heavy atom. The van der Waals surface area contributed by atoms with Crippen molar-refractivity contribution >= 4 is 21.9 Å². The maximum atomic E-state index is 4.79. The van der Waals surface area contributed by atoms with Crippen LogP contribution in [0.15, 0.2) is 27.7 Å². The van der Waals surface area contributed by atoms with Gasteiger partial charge < -0.3 is 10.6 Å². The molecule has 27 heavy (non-hydrogen) atoms. The molecule has 6 nitrogen and oxygen atoms in total. The molecule has 1 aliphatic rings. The Kier molecular flexibility index (Phi) is 6.52. The van der Waals surface area contributed by atoms with Gasteiger partial charge in [0, 0.05) is 29.4 Å². The molecule has 0 spiro atoms. The quantitative estimate of drug-likeness (QED) is 0.559. The van der Waals surface area contributed by atoms with Crippen LogP contribution in [0.25, 0.3) is 0 Å². The Hall–Kier alpha value is -1.89. The minimum atomic E-state index is 0.308. The number of fused-ring (bicyclic) bond motifs is 1. The molecule has 0 saturated carbocycles. The fourth-order valence-electron chi connectivity index (χ4n) is 3.20. The second kappa shape index (κ2) is 8.87. The maximum Gasteiger partial charge on any atom is 0.191 e. The molecule has 0 radical (unpaired) electrons. The van der Waals surface area contributed by atoms with E-state index in [1.807, 2.05) is 0 Å². The monoisotopic (exact) mass is 432 g/mol. The molecule has 146 valence electrons. The number of hydrogen-bond acceptors (Lipinski definition) is 3. The van der Waals surface area contributed by atoms with E-state index in [1.54, 1.807) is 0 Å². The summed E-state index contributed by atoms with van der Waals surface area (Å²) in [5.41, 5.74) is 2.48. The van der Waals surface area contributed by atoms with E-state index in [1.165, 1.54) is 11.1 Å². The summed E-state index contributed by atoms with van der Waals surface area (Å²) in [7, 11) is 0. The predicted octanol–water partition coefficient (Wildman–Crippen LogP) is 3.54. The van der Waals surface area contributed by atoms with E-state index in [4.69, 9.17) is 4.99 Å². The van der Waals surface area contributed by atoms with Gasteiger partial charge in [0.2, 0.25) is 0 Å². The van der Waals surface area contributed by atoms with Crippen LogP contribution >= 0.6 is 15.9 Å². The molecule has 7 heteroatoms. The van der Waals surface area contributed by atoms with Crippen LogP contribution in [-0.2, 0) is 19.5 Å². The van der Waals surface area contributed by atoms with Crippen LogP contribution < -0.4 is 10.6 Å². The summed E-state index contributed by atoms with van der Waals surface area (Å²) in [4.78, 5) is 9.46. The second-order valence-corrected chi connectivity index (χ2v) is 8.28. The van der Waals surface area contributed by atoms with Crippen molar-refractivity contribution in [2.75, 3.05) is 6.54 Å². The van der Waals surface area contributed by atoms with E-state index in [9.17, 15) is 0 Å². The van der Waals surface area contributed by atoms with Crippen molar-refractivity contribution in [2.45, 2.75) is 65.6 Å². The van der Waals surface area contributed by atoms with Crippen molar-refractivity contribution in [3.63, 3.8) is 0 Å². The highest BCUT2D eigenvalue weighted by molar-refractivity contribution is 9.10. The number of benzene rings is 1. The number of rotatable bonds is 5. The molecule has 1 atom stereocenters. The predicted molar refractivity (Wildman–Crippen MR) is 113 cm³/mol. The van der Waals surface area contributed by atoms with Gasteiger partial charge in [-0.05, 0) is 43.5 Å². The molecule has 2 N–H and O–H groups in total. The van der Waals surface area contributed by atoms with Crippen LogP contribution in [0.5, 0.6) is 0 Å². The summed E-state index contributed by atoms with van der Waals surface area (Å²) in [6.07, 6.45) is 1.99. The van der Waals surface area contributed by atoms with E-state index in [0.717, 1.165) is 48.0 Å². The first-order valence-electron chi connectivity index (χ1n) is 9.69. The highest BCUT2D eigenvalue weighted by atomic mass is 79.9. The normalized spacial score (nSPS) is 17.1. The lowest BCUT2D eigenvalue weighted by molar-refractivity contribution is 0.391. The maximum absolute atomic E-state index is 4.79. The largest absolute Gasteiger partial charge is 0.357 e. The van der Waals surface area contributed by atoms with Crippen LogP contribution in [0.1, 0.15) is 55.9 Å². The molecule has 0 aliphatic carbocycles.